The summed E-state index contributed by atoms with van der Waals surface area (Å²) in [5.41, 5.74) is 2.51. The molecule has 1 saturated heterocycles. The predicted octanol–water partition coefficient (Wildman–Crippen LogP) is 4.73. The molecule has 0 aliphatic carbocycles. The highest BCUT2D eigenvalue weighted by Gasteiger charge is 2.25. The second kappa shape index (κ2) is 11.0. The van der Waals surface area contributed by atoms with Crippen molar-refractivity contribution in [2.45, 2.75) is 23.6 Å². The van der Waals surface area contributed by atoms with Crippen molar-refractivity contribution in [3.8, 4) is 0 Å². The van der Waals surface area contributed by atoms with Crippen LogP contribution in [-0.4, -0.2) is 48.8 Å². The first-order valence-electron chi connectivity index (χ1n) is 10.6. The third-order valence-electron chi connectivity index (χ3n) is 5.39. The first kappa shape index (κ1) is 22.9. The summed E-state index contributed by atoms with van der Waals surface area (Å²) < 4.78 is 10.8. The molecule has 0 spiro atoms. The van der Waals surface area contributed by atoms with Crippen LogP contribution in [0.25, 0.3) is 0 Å². The van der Waals surface area contributed by atoms with Gasteiger partial charge in [-0.15, -0.1) is 11.8 Å². The third kappa shape index (κ3) is 5.72. The van der Waals surface area contributed by atoms with Gasteiger partial charge in [0.1, 0.15) is 5.76 Å². The van der Waals surface area contributed by atoms with Crippen LogP contribution < -0.4 is 5.32 Å². The molecular formula is C24H26ClN3O3S. The van der Waals surface area contributed by atoms with Gasteiger partial charge in [-0.1, -0.05) is 47.1 Å². The van der Waals surface area contributed by atoms with Gasteiger partial charge in [-0.2, -0.15) is 0 Å². The van der Waals surface area contributed by atoms with Crippen molar-refractivity contribution in [1.82, 2.24) is 15.4 Å². The number of hydrogen-bond acceptors (Lipinski definition) is 6. The van der Waals surface area contributed by atoms with E-state index in [1.165, 1.54) is 0 Å². The molecule has 0 radical (unpaired) electrons. The van der Waals surface area contributed by atoms with E-state index in [0.29, 0.717) is 36.1 Å². The van der Waals surface area contributed by atoms with Crippen LogP contribution in [0.5, 0.6) is 0 Å². The highest BCUT2D eigenvalue weighted by Crippen LogP contribution is 2.29. The number of benzene rings is 2. The quantitative estimate of drug-likeness (QED) is 0.479. The average Bonchev–Trinajstić information content (AvgIpc) is 3.24. The molecule has 2 aromatic carbocycles. The molecular weight excluding hydrogens is 446 g/mol. The third-order valence-corrected chi connectivity index (χ3v) is 6.83. The van der Waals surface area contributed by atoms with E-state index in [-0.39, 0.29) is 11.9 Å². The molecule has 2 heterocycles. The zero-order valence-electron chi connectivity index (χ0n) is 17.9. The Kier molecular flexibility index (Phi) is 7.86. The number of nitrogens with one attached hydrogen (secondary N) is 1. The SMILES string of the molecule is Cc1cc(CSc2ccccc2C(=O)NCC(c2ccccc2Cl)N2CCOCC2)on1. The minimum Gasteiger partial charge on any atom is -0.379 e. The number of amides is 1. The number of ether oxygens (including phenoxy) is 1. The van der Waals surface area contributed by atoms with Gasteiger partial charge in [-0.05, 0) is 30.7 Å². The summed E-state index contributed by atoms with van der Waals surface area (Å²) in [4.78, 5) is 16.4. The van der Waals surface area contributed by atoms with Gasteiger partial charge in [0.15, 0.2) is 0 Å². The number of hydrogen-bond donors (Lipinski definition) is 1. The van der Waals surface area contributed by atoms with Crippen molar-refractivity contribution in [2.24, 2.45) is 0 Å². The van der Waals surface area contributed by atoms with Crippen molar-refractivity contribution in [3.05, 3.63) is 82.2 Å². The summed E-state index contributed by atoms with van der Waals surface area (Å²) in [6, 6.07) is 17.3. The Balaban J connectivity index is 1.46. The Morgan fingerprint density at radius 2 is 1.94 bits per heavy atom. The van der Waals surface area contributed by atoms with E-state index in [9.17, 15) is 4.79 Å². The molecule has 32 heavy (non-hydrogen) atoms. The van der Waals surface area contributed by atoms with Gasteiger partial charge in [0.25, 0.3) is 5.91 Å². The van der Waals surface area contributed by atoms with Gasteiger partial charge in [-0.3, -0.25) is 9.69 Å². The second-order valence-corrected chi connectivity index (χ2v) is 9.04. The van der Waals surface area contributed by atoms with Crippen LogP contribution in [0.15, 0.2) is 64.0 Å². The summed E-state index contributed by atoms with van der Waals surface area (Å²) >= 11 is 8.07. The minimum absolute atomic E-state index is 0.0199. The molecule has 0 bridgehead atoms. The lowest BCUT2D eigenvalue weighted by Gasteiger charge is -2.35. The Hall–Kier alpha value is -2.32. The first-order valence-corrected chi connectivity index (χ1v) is 12.0. The van der Waals surface area contributed by atoms with Crippen LogP contribution in [0.1, 0.15) is 33.4 Å². The van der Waals surface area contributed by atoms with Crippen LogP contribution in [0.2, 0.25) is 5.02 Å². The van der Waals surface area contributed by atoms with E-state index in [1.54, 1.807) is 11.8 Å². The topological polar surface area (TPSA) is 67.6 Å². The Labute approximate surface area is 197 Å². The molecule has 6 nitrogen and oxygen atoms in total. The zero-order chi connectivity index (χ0) is 22.3. The van der Waals surface area contributed by atoms with Crippen LogP contribution in [0, 0.1) is 6.92 Å². The molecule has 1 aromatic heterocycles. The van der Waals surface area contributed by atoms with E-state index < -0.39 is 0 Å². The fourth-order valence-electron chi connectivity index (χ4n) is 3.77. The summed E-state index contributed by atoms with van der Waals surface area (Å²) in [7, 11) is 0. The van der Waals surface area contributed by atoms with Crippen LogP contribution in [-0.2, 0) is 10.5 Å². The van der Waals surface area contributed by atoms with Crippen LogP contribution in [0.3, 0.4) is 0 Å². The molecule has 1 amide bonds. The molecule has 8 heteroatoms. The number of aromatic nitrogens is 1. The van der Waals surface area contributed by atoms with E-state index >= 15 is 0 Å². The monoisotopic (exact) mass is 471 g/mol. The van der Waals surface area contributed by atoms with Gasteiger partial charge in [0.2, 0.25) is 0 Å². The maximum atomic E-state index is 13.1. The Morgan fingerprint density at radius 3 is 2.69 bits per heavy atom. The van der Waals surface area contributed by atoms with Crippen molar-refractivity contribution >= 4 is 29.3 Å². The lowest BCUT2D eigenvalue weighted by molar-refractivity contribution is 0.0162. The number of carbonyl (C=O) groups is 1. The zero-order valence-corrected chi connectivity index (χ0v) is 19.5. The lowest BCUT2D eigenvalue weighted by atomic mass is 10.0. The van der Waals surface area contributed by atoms with Gasteiger partial charge in [0.05, 0.1) is 36.3 Å². The molecule has 1 aliphatic rings. The Bertz CT molecular complexity index is 1050. The molecule has 3 aromatic rings. The molecule has 1 N–H and O–H groups in total. The van der Waals surface area contributed by atoms with Gasteiger partial charge < -0.3 is 14.6 Å². The predicted molar refractivity (Wildman–Crippen MR) is 126 cm³/mol. The highest BCUT2D eigenvalue weighted by molar-refractivity contribution is 7.98. The lowest BCUT2D eigenvalue weighted by Crippen LogP contribution is -2.44. The largest absolute Gasteiger partial charge is 0.379 e. The normalized spacial score (nSPS) is 15.4. The molecule has 1 fully saturated rings. The molecule has 1 aliphatic heterocycles. The average molecular weight is 472 g/mol. The van der Waals surface area contributed by atoms with E-state index in [1.807, 2.05) is 61.5 Å². The van der Waals surface area contributed by atoms with Gasteiger partial charge in [0, 0.05) is 35.6 Å². The Morgan fingerprint density at radius 1 is 1.19 bits per heavy atom. The van der Waals surface area contributed by atoms with Crippen LogP contribution >= 0.6 is 23.4 Å². The molecule has 168 valence electrons. The number of carbonyl (C=O) groups excluding carboxylic acids is 1. The van der Waals surface area contributed by atoms with Gasteiger partial charge >= 0.3 is 0 Å². The second-order valence-electron chi connectivity index (χ2n) is 7.62. The smallest absolute Gasteiger partial charge is 0.252 e. The van der Waals surface area contributed by atoms with Crippen LogP contribution in [0.4, 0.5) is 0 Å². The van der Waals surface area contributed by atoms with E-state index in [2.05, 4.69) is 15.4 Å². The molecule has 4 rings (SSSR count). The number of thioether (sulfide) groups is 1. The first-order chi connectivity index (χ1) is 15.6. The number of morpholine rings is 1. The fourth-order valence-corrected chi connectivity index (χ4v) is 4.95. The molecule has 1 atom stereocenters. The summed E-state index contributed by atoms with van der Waals surface area (Å²) in [6.45, 7) is 5.31. The van der Waals surface area contributed by atoms with E-state index in [0.717, 1.165) is 35.0 Å². The number of rotatable bonds is 8. The summed E-state index contributed by atoms with van der Waals surface area (Å²) in [5.74, 6) is 1.29. The van der Waals surface area contributed by atoms with Crippen molar-refractivity contribution in [1.29, 1.82) is 0 Å². The van der Waals surface area contributed by atoms with Gasteiger partial charge in [-0.25, -0.2) is 0 Å². The summed E-state index contributed by atoms with van der Waals surface area (Å²) in [6.07, 6.45) is 0. The number of halogens is 1. The highest BCUT2D eigenvalue weighted by atomic mass is 35.5. The maximum absolute atomic E-state index is 13.1. The fraction of sp³-hybridized carbons (Fsp3) is 0.333. The van der Waals surface area contributed by atoms with Crippen molar-refractivity contribution in [2.75, 3.05) is 32.8 Å². The van der Waals surface area contributed by atoms with E-state index in [4.69, 9.17) is 20.9 Å². The maximum Gasteiger partial charge on any atom is 0.252 e. The van der Waals surface area contributed by atoms with Crippen molar-refractivity contribution in [3.63, 3.8) is 0 Å². The number of nitrogens with zero attached hydrogens (tertiary/aromatic N) is 2. The number of aryl methyl sites for hydroxylation is 1. The van der Waals surface area contributed by atoms with Crippen molar-refractivity contribution < 1.29 is 14.1 Å². The standard InChI is InChI=1S/C24H26ClN3O3S/c1-17-14-18(31-27-17)16-32-23-9-5-3-7-20(23)24(29)26-15-22(28-10-12-30-13-11-28)19-6-2-4-8-21(19)25/h2-9,14,22H,10-13,15-16H2,1H3,(H,26,29). The summed E-state index contributed by atoms with van der Waals surface area (Å²) in [5, 5.41) is 7.76. The molecule has 1 unspecified atom stereocenters. The minimum atomic E-state index is -0.104. The molecule has 0 saturated carbocycles.